The smallest absolute Gasteiger partial charge is 0.143 e. The topological polar surface area (TPSA) is 21.6 Å². The molecule has 0 amide bonds. The zero-order valence-electron chi connectivity index (χ0n) is 9.82. The summed E-state index contributed by atoms with van der Waals surface area (Å²) in [5, 5.41) is 4.90. The molecule has 0 aliphatic carbocycles. The third kappa shape index (κ3) is 4.23. The summed E-state index contributed by atoms with van der Waals surface area (Å²) in [6.45, 7) is 0.244. The number of hydrogen-bond donors (Lipinski definition) is 0. The van der Waals surface area contributed by atoms with Crippen molar-refractivity contribution in [2.45, 2.75) is 6.61 Å². The Morgan fingerprint density at radius 3 is 2.53 bits per heavy atom. The van der Waals surface area contributed by atoms with Crippen molar-refractivity contribution in [3.8, 4) is 0 Å². The van der Waals surface area contributed by atoms with Crippen LogP contribution in [0, 0.1) is 5.82 Å². The maximum atomic E-state index is 12.7. The summed E-state index contributed by atoms with van der Waals surface area (Å²) in [5.41, 5.74) is 1.55. The minimum absolute atomic E-state index is 0.244. The van der Waals surface area contributed by atoms with Gasteiger partial charge in [0.05, 0.1) is 6.21 Å². The Kier molecular flexibility index (Phi) is 4.77. The summed E-state index contributed by atoms with van der Waals surface area (Å²) in [7, 11) is 0. The molecule has 0 aliphatic heterocycles. The molecule has 0 atom stereocenters. The minimum Gasteiger partial charge on any atom is -0.391 e. The zero-order valence-corrected chi connectivity index (χ0v) is 11.3. The van der Waals surface area contributed by atoms with E-state index < -0.39 is 0 Å². The van der Waals surface area contributed by atoms with Crippen molar-refractivity contribution in [3.05, 3.63) is 69.5 Å². The average Bonchev–Trinajstić information content (AvgIpc) is 2.39. The number of rotatable bonds is 4. The van der Waals surface area contributed by atoms with Gasteiger partial charge in [-0.25, -0.2) is 4.39 Å². The highest BCUT2D eigenvalue weighted by atomic mass is 35.5. The fraction of sp³-hybridized carbons (Fsp3) is 0.0714. The molecule has 0 saturated carbocycles. The first-order valence-electron chi connectivity index (χ1n) is 5.50. The minimum atomic E-state index is -0.286. The lowest BCUT2D eigenvalue weighted by Crippen LogP contribution is -1.89. The third-order valence-electron chi connectivity index (χ3n) is 2.38. The summed E-state index contributed by atoms with van der Waals surface area (Å²) in [6, 6.07) is 11.1. The second-order valence-corrected chi connectivity index (χ2v) is 4.64. The first-order chi connectivity index (χ1) is 9.15. The van der Waals surface area contributed by atoms with Crippen molar-refractivity contribution in [3.63, 3.8) is 0 Å². The van der Waals surface area contributed by atoms with Crippen LogP contribution in [0.3, 0.4) is 0 Å². The molecule has 0 N–H and O–H groups in total. The maximum Gasteiger partial charge on any atom is 0.143 e. The molecule has 2 aromatic rings. The summed E-state index contributed by atoms with van der Waals surface area (Å²) in [5.74, 6) is -0.286. The average molecular weight is 298 g/mol. The van der Waals surface area contributed by atoms with Crippen molar-refractivity contribution in [1.82, 2.24) is 0 Å². The number of oxime groups is 1. The van der Waals surface area contributed by atoms with Crippen LogP contribution in [-0.4, -0.2) is 6.21 Å². The summed E-state index contributed by atoms with van der Waals surface area (Å²) >= 11 is 11.8. The van der Waals surface area contributed by atoms with Crippen LogP contribution < -0.4 is 0 Å². The van der Waals surface area contributed by atoms with Crippen molar-refractivity contribution >= 4 is 29.4 Å². The van der Waals surface area contributed by atoms with Crippen molar-refractivity contribution in [1.29, 1.82) is 0 Å². The van der Waals surface area contributed by atoms with Gasteiger partial charge in [0.25, 0.3) is 0 Å². The van der Waals surface area contributed by atoms with Crippen LogP contribution in [0.5, 0.6) is 0 Å². The van der Waals surface area contributed by atoms with E-state index in [1.165, 1.54) is 18.3 Å². The van der Waals surface area contributed by atoms with E-state index in [1.54, 1.807) is 30.3 Å². The SMILES string of the molecule is Fc1ccc(/C=N/OCc2ccc(Cl)cc2Cl)cc1. The van der Waals surface area contributed by atoms with Crippen LogP contribution in [-0.2, 0) is 11.4 Å². The fourth-order valence-electron chi connectivity index (χ4n) is 1.39. The Bertz CT molecular complexity index is 584. The van der Waals surface area contributed by atoms with Gasteiger partial charge in [0.1, 0.15) is 12.4 Å². The van der Waals surface area contributed by atoms with E-state index >= 15 is 0 Å². The Morgan fingerprint density at radius 2 is 1.84 bits per heavy atom. The fourth-order valence-corrected chi connectivity index (χ4v) is 1.86. The van der Waals surface area contributed by atoms with Crippen LogP contribution in [0.4, 0.5) is 4.39 Å². The highest BCUT2D eigenvalue weighted by molar-refractivity contribution is 6.35. The molecule has 0 radical (unpaired) electrons. The monoisotopic (exact) mass is 297 g/mol. The van der Waals surface area contributed by atoms with E-state index in [0.717, 1.165) is 11.1 Å². The third-order valence-corrected chi connectivity index (χ3v) is 2.97. The van der Waals surface area contributed by atoms with Gasteiger partial charge in [-0.05, 0) is 29.8 Å². The lowest BCUT2D eigenvalue weighted by Gasteiger charge is -2.03. The predicted octanol–water partition coefficient (Wildman–Crippen LogP) is 4.68. The Balaban J connectivity index is 1.91. The standard InChI is InChI=1S/C14H10Cl2FNO/c15-12-4-3-11(14(16)7-12)9-19-18-8-10-1-5-13(17)6-2-10/h1-8H,9H2/b18-8+. The number of halogens is 3. The van der Waals surface area contributed by atoms with E-state index in [9.17, 15) is 4.39 Å². The largest absolute Gasteiger partial charge is 0.391 e. The van der Waals surface area contributed by atoms with Crippen LogP contribution >= 0.6 is 23.2 Å². The Labute approximate surface area is 120 Å². The Hall–Kier alpha value is -1.58. The van der Waals surface area contributed by atoms with Crippen molar-refractivity contribution in [2.24, 2.45) is 5.16 Å². The lowest BCUT2D eigenvalue weighted by atomic mass is 10.2. The van der Waals surface area contributed by atoms with Gasteiger partial charge in [-0.3, -0.25) is 0 Å². The highest BCUT2D eigenvalue weighted by Crippen LogP contribution is 2.21. The molecule has 0 fully saturated rings. The molecule has 0 bridgehead atoms. The quantitative estimate of drug-likeness (QED) is 0.593. The molecule has 0 aliphatic rings. The van der Waals surface area contributed by atoms with Gasteiger partial charge >= 0.3 is 0 Å². The van der Waals surface area contributed by atoms with Crippen LogP contribution in [0.2, 0.25) is 10.0 Å². The van der Waals surface area contributed by atoms with Crippen molar-refractivity contribution in [2.75, 3.05) is 0 Å². The van der Waals surface area contributed by atoms with E-state index in [2.05, 4.69) is 5.16 Å². The van der Waals surface area contributed by atoms with E-state index in [-0.39, 0.29) is 12.4 Å². The molecule has 19 heavy (non-hydrogen) atoms. The van der Waals surface area contributed by atoms with Gasteiger partial charge < -0.3 is 4.84 Å². The molecule has 5 heteroatoms. The summed E-state index contributed by atoms with van der Waals surface area (Å²) < 4.78 is 12.7. The lowest BCUT2D eigenvalue weighted by molar-refractivity contribution is 0.132. The normalized spacial score (nSPS) is 10.9. The Morgan fingerprint density at radius 1 is 1.11 bits per heavy atom. The second-order valence-electron chi connectivity index (χ2n) is 3.80. The first-order valence-corrected chi connectivity index (χ1v) is 6.25. The molecular weight excluding hydrogens is 288 g/mol. The van der Waals surface area contributed by atoms with Gasteiger partial charge in [-0.2, -0.15) is 0 Å². The molecule has 2 aromatic carbocycles. The molecule has 0 heterocycles. The molecule has 0 saturated heterocycles. The zero-order chi connectivity index (χ0) is 13.7. The molecule has 0 unspecified atom stereocenters. The molecule has 0 spiro atoms. The van der Waals surface area contributed by atoms with E-state index in [1.807, 2.05) is 0 Å². The van der Waals surface area contributed by atoms with Crippen LogP contribution in [0.15, 0.2) is 47.6 Å². The summed E-state index contributed by atoms with van der Waals surface area (Å²) in [4.78, 5) is 5.12. The molecule has 2 nitrogen and oxygen atoms in total. The molecule has 0 aromatic heterocycles. The molecule has 98 valence electrons. The number of benzene rings is 2. The van der Waals surface area contributed by atoms with Gasteiger partial charge in [0.2, 0.25) is 0 Å². The maximum absolute atomic E-state index is 12.7. The highest BCUT2D eigenvalue weighted by Gasteiger charge is 2.01. The number of nitrogens with zero attached hydrogens (tertiary/aromatic N) is 1. The van der Waals surface area contributed by atoms with Crippen LogP contribution in [0.1, 0.15) is 11.1 Å². The first kappa shape index (κ1) is 13.8. The predicted molar refractivity (Wildman–Crippen MR) is 75.2 cm³/mol. The van der Waals surface area contributed by atoms with E-state index in [4.69, 9.17) is 28.0 Å². The van der Waals surface area contributed by atoms with Crippen molar-refractivity contribution < 1.29 is 9.23 Å². The number of hydrogen-bond acceptors (Lipinski definition) is 2. The van der Waals surface area contributed by atoms with Gasteiger partial charge in [0, 0.05) is 15.6 Å². The van der Waals surface area contributed by atoms with Crippen LogP contribution in [0.25, 0.3) is 0 Å². The molecule has 2 rings (SSSR count). The molecular formula is C14H10Cl2FNO. The summed E-state index contributed by atoms with van der Waals surface area (Å²) in [6.07, 6.45) is 1.50. The van der Waals surface area contributed by atoms with E-state index in [0.29, 0.717) is 10.0 Å². The van der Waals surface area contributed by atoms with Gasteiger partial charge in [-0.1, -0.05) is 46.6 Å². The van der Waals surface area contributed by atoms with Gasteiger partial charge in [-0.15, -0.1) is 0 Å². The van der Waals surface area contributed by atoms with Gasteiger partial charge in [0.15, 0.2) is 0 Å². The second kappa shape index (κ2) is 6.55.